The summed E-state index contributed by atoms with van der Waals surface area (Å²) in [7, 11) is -3.68. The summed E-state index contributed by atoms with van der Waals surface area (Å²) >= 11 is 4.23. The number of aryl methyl sites for hydroxylation is 1. The maximum Gasteiger partial charge on any atom is 0.271 e. The van der Waals surface area contributed by atoms with E-state index in [1.54, 1.807) is 19.1 Å². The standard InChI is InChI=1S/C13H14BrFN2O2S2/c1-8-6-11(15)10(14)7-12(8)17-21(18,19)13-3-2-9(20-13)4-5-16/h2-3,6-7,17H,4-5,16H2,1H3. The van der Waals surface area contributed by atoms with Crippen LogP contribution in [-0.2, 0) is 16.4 Å². The number of anilines is 1. The second-order valence-corrected chi connectivity index (χ2v) is 8.38. The molecule has 4 nitrogen and oxygen atoms in total. The Morgan fingerprint density at radius 2 is 2.10 bits per heavy atom. The Kier molecular flexibility index (Phi) is 5.03. The minimum absolute atomic E-state index is 0.209. The number of hydrogen-bond donors (Lipinski definition) is 2. The molecule has 1 aromatic carbocycles. The average Bonchev–Trinajstić information content (AvgIpc) is 2.86. The summed E-state index contributed by atoms with van der Waals surface area (Å²) in [5.41, 5.74) is 6.31. The number of halogens is 2. The molecule has 0 spiro atoms. The van der Waals surface area contributed by atoms with Gasteiger partial charge < -0.3 is 5.73 Å². The van der Waals surface area contributed by atoms with Crippen molar-refractivity contribution in [2.75, 3.05) is 11.3 Å². The van der Waals surface area contributed by atoms with Crippen molar-refractivity contribution < 1.29 is 12.8 Å². The molecule has 0 unspecified atom stereocenters. The van der Waals surface area contributed by atoms with Gasteiger partial charge in [0.15, 0.2) is 0 Å². The normalized spacial score (nSPS) is 11.6. The van der Waals surface area contributed by atoms with Crippen LogP contribution < -0.4 is 10.5 Å². The zero-order valence-corrected chi connectivity index (χ0v) is 14.4. The van der Waals surface area contributed by atoms with E-state index in [2.05, 4.69) is 20.7 Å². The maximum absolute atomic E-state index is 13.4. The van der Waals surface area contributed by atoms with Gasteiger partial charge in [0.1, 0.15) is 10.0 Å². The third-order valence-electron chi connectivity index (χ3n) is 2.80. The van der Waals surface area contributed by atoms with Gasteiger partial charge in [0.2, 0.25) is 0 Å². The number of thiophene rings is 1. The summed E-state index contributed by atoms with van der Waals surface area (Å²) in [6, 6.07) is 5.98. The molecule has 2 rings (SSSR count). The van der Waals surface area contributed by atoms with Crippen molar-refractivity contribution in [1.29, 1.82) is 0 Å². The van der Waals surface area contributed by atoms with Crippen LogP contribution in [0.15, 0.2) is 32.9 Å². The molecular formula is C13H14BrFN2O2S2. The highest BCUT2D eigenvalue weighted by Gasteiger charge is 2.18. The minimum Gasteiger partial charge on any atom is -0.330 e. The number of benzene rings is 1. The van der Waals surface area contributed by atoms with Gasteiger partial charge in [-0.15, -0.1) is 11.3 Å². The Labute approximate surface area is 135 Å². The van der Waals surface area contributed by atoms with Gasteiger partial charge in [-0.2, -0.15) is 0 Å². The lowest BCUT2D eigenvalue weighted by Crippen LogP contribution is -2.12. The summed E-state index contributed by atoms with van der Waals surface area (Å²) in [5, 5.41) is 0. The van der Waals surface area contributed by atoms with Crippen molar-refractivity contribution >= 4 is 43.0 Å². The van der Waals surface area contributed by atoms with Gasteiger partial charge in [0.25, 0.3) is 10.0 Å². The lowest BCUT2D eigenvalue weighted by Gasteiger charge is -2.10. The molecule has 0 atom stereocenters. The molecule has 0 radical (unpaired) electrons. The molecule has 21 heavy (non-hydrogen) atoms. The van der Waals surface area contributed by atoms with Crippen LogP contribution in [0.25, 0.3) is 0 Å². The van der Waals surface area contributed by atoms with Gasteiger partial charge in [0, 0.05) is 4.88 Å². The molecule has 0 saturated heterocycles. The lowest BCUT2D eigenvalue weighted by atomic mass is 10.2. The van der Waals surface area contributed by atoms with E-state index < -0.39 is 15.8 Å². The van der Waals surface area contributed by atoms with Gasteiger partial charge in [-0.05, 0) is 65.6 Å². The summed E-state index contributed by atoms with van der Waals surface area (Å²) < 4.78 is 40.9. The van der Waals surface area contributed by atoms with Crippen LogP contribution in [0.4, 0.5) is 10.1 Å². The van der Waals surface area contributed by atoms with Gasteiger partial charge in [-0.1, -0.05) is 0 Å². The minimum atomic E-state index is -3.68. The predicted molar refractivity (Wildman–Crippen MR) is 86.7 cm³/mol. The van der Waals surface area contributed by atoms with Crippen LogP contribution in [-0.4, -0.2) is 15.0 Å². The van der Waals surface area contributed by atoms with Crippen molar-refractivity contribution in [2.45, 2.75) is 17.6 Å². The zero-order valence-electron chi connectivity index (χ0n) is 11.2. The lowest BCUT2D eigenvalue weighted by molar-refractivity contribution is 0.602. The van der Waals surface area contributed by atoms with Crippen LogP contribution >= 0.6 is 27.3 Å². The molecule has 0 aliphatic rings. The van der Waals surface area contributed by atoms with Crippen molar-refractivity contribution in [2.24, 2.45) is 5.73 Å². The molecule has 114 valence electrons. The molecule has 0 aliphatic heterocycles. The topological polar surface area (TPSA) is 72.2 Å². The van der Waals surface area contributed by atoms with Gasteiger partial charge >= 0.3 is 0 Å². The second kappa shape index (κ2) is 6.43. The maximum atomic E-state index is 13.4. The van der Waals surface area contributed by atoms with Gasteiger partial charge in [0.05, 0.1) is 10.2 Å². The Bertz CT molecular complexity index is 760. The van der Waals surface area contributed by atoms with Gasteiger partial charge in [-0.3, -0.25) is 4.72 Å². The van der Waals surface area contributed by atoms with E-state index in [1.807, 2.05) is 0 Å². The molecule has 1 aromatic heterocycles. The number of rotatable bonds is 5. The van der Waals surface area contributed by atoms with Crippen molar-refractivity contribution in [1.82, 2.24) is 0 Å². The number of hydrogen-bond acceptors (Lipinski definition) is 4. The molecule has 0 aliphatic carbocycles. The summed E-state index contributed by atoms with van der Waals surface area (Å²) in [6.07, 6.45) is 0.640. The average molecular weight is 393 g/mol. The highest BCUT2D eigenvalue weighted by atomic mass is 79.9. The molecule has 1 heterocycles. The van der Waals surface area contributed by atoms with Gasteiger partial charge in [-0.25, -0.2) is 12.8 Å². The fraction of sp³-hybridized carbons (Fsp3) is 0.231. The molecular weight excluding hydrogens is 379 g/mol. The SMILES string of the molecule is Cc1cc(F)c(Br)cc1NS(=O)(=O)c1ccc(CCN)s1. The Morgan fingerprint density at radius 1 is 1.38 bits per heavy atom. The smallest absolute Gasteiger partial charge is 0.271 e. The van der Waals surface area contributed by atoms with Crippen LogP contribution in [0.5, 0.6) is 0 Å². The van der Waals surface area contributed by atoms with E-state index in [1.165, 1.54) is 23.5 Å². The largest absolute Gasteiger partial charge is 0.330 e. The first kappa shape index (κ1) is 16.4. The molecule has 0 amide bonds. The third kappa shape index (κ3) is 3.82. The van der Waals surface area contributed by atoms with E-state index in [-0.39, 0.29) is 8.68 Å². The first-order chi connectivity index (χ1) is 9.83. The van der Waals surface area contributed by atoms with E-state index in [4.69, 9.17) is 5.73 Å². The first-order valence-corrected chi connectivity index (χ1v) is 9.20. The zero-order chi connectivity index (χ0) is 15.6. The van der Waals surface area contributed by atoms with Crippen molar-refractivity contribution in [3.63, 3.8) is 0 Å². The number of sulfonamides is 1. The quantitative estimate of drug-likeness (QED) is 0.819. The summed E-state index contributed by atoms with van der Waals surface area (Å²) in [5.74, 6) is -0.434. The highest BCUT2D eigenvalue weighted by Crippen LogP contribution is 2.28. The monoisotopic (exact) mass is 392 g/mol. The fourth-order valence-corrected chi connectivity index (χ4v) is 4.57. The van der Waals surface area contributed by atoms with E-state index in [0.717, 1.165) is 4.88 Å². The molecule has 3 N–H and O–H groups in total. The molecule has 0 fully saturated rings. The Morgan fingerprint density at radius 3 is 2.76 bits per heavy atom. The Hall–Kier alpha value is -0.960. The first-order valence-electron chi connectivity index (χ1n) is 6.10. The molecule has 0 saturated carbocycles. The molecule has 8 heteroatoms. The molecule has 0 bridgehead atoms. The Balaban J connectivity index is 2.30. The number of nitrogens with two attached hydrogens (primary N) is 1. The van der Waals surface area contributed by atoms with Crippen LogP contribution in [0.1, 0.15) is 10.4 Å². The number of nitrogens with one attached hydrogen (secondary N) is 1. The predicted octanol–water partition coefficient (Wildman–Crippen LogP) is 3.26. The summed E-state index contributed by atoms with van der Waals surface area (Å²) in [6.45, 7) is 2.11. The fourth-order valence-electron chi connectivity index (χ4n) is 1.73. The van der Waals surface area contributed by atoms with E-state index in [0.29, 0.717) is 24.2 Å². The van der Waals surface area contributed by atoms with Crippen LogP contribution in [0.3, 0.4) is 0 Å². The second-order valence-electron chi connectivity index (χ2n) is 4.45. The van der Waals surface area contributed by atoms with Crippen molar-refractivity contribution in [3.05, 3.63) is 45.0 Å². The summed E-state index contributed by atoms with van der Waals surface area (Å²) in [4.78, 5) is 0.912. The van der Waals surface area contributed by atoms with Crippen LogP contribution in [0, 0.1) is 12.7 Å². The van der Waals surface area contributed by atoms with E-state index >= 15 is 0 Å². The van der Waals surface area contributed by atoms with Crippen molar-refractivity contribution in [3.8, 4) is 0 Å². The van der Waals surface area contributed by atoms with E-state index in [9.17, 15) is 12.8 Å². The van der Waals surface area contributed by atoms with Crippen LogP contribution in [0.2, 0.25) is 0 Å². The highest BCUT2D eigenvalue weighted by molar-refractivity contribution is 9.10. The third-order valence-corrected chi connectivity index (χ3v) is 6.41. The molecule has 2 aromatic rings.